The molecule has 31 heavy (non-hydrogen) atoms. The smallest absolute Gasteiger partial charge is 0.211 e. The van der Waals surface area contributed by atoms with Crippen LogP contribution in [0.5, 0.6) is 0 Å². The van der Waals surface area contributed by atoms with Gasteiger partial charge in [0.2, 0.25) is 10.0 Å². The van der Waals surface area contributed by atoms with Crippen molar-refractivity contribution in [2.24, 2.45) is 10.5 Å². The summed E-state index contributed by atoms with van der Waals surface area (Å²) >= 11 is 0. The molecule has 0 amide bonds. The maximum Gasteiger partial charge on any atom is 0.211 e. The molecule has 0 saturated carbocycles. The van der Waals surface area contributed by atoms with Crippen LogP contribution in [0, 0.1) is 11.2 Å². The Morgan fingerprint density at radius 3 is 2.71 bits per heavy atom. The van der Waals surface area contributed by atoms with Crippen LogP contribution in [-0.2, 0) is 10.0 Å². The van der Waals surface area contributed by atoms with Crippen LogP contribution in [0.15, 0.2) is 52.4 Å². The van der Waals surface area contributed by atoms with Crippen molar-refractivity contribution < 1.29 is 12.8 Å². The van der Waals surface area contributed by atoms with Gasteiger partial charge in [-0.05, 0) is 34.9 Å². The van der Waals surface area contributed by atoms with Gasteiger partial charge >= 0.3 is 0 Å². The van der Waals surface area contributed by atoms with Crippen molar-refractivity contribution in [3.63, 3.8) is 0 Å². The summed E-state index contributed by atoms with van der Waals surface area (Å²) in [6.07, 6.45) is 9.06. The molecule has 0 atom stereocenters. The number of sulfonamides is 1. The lowest BCUT2D eigenvalue weighted by molar-refractivity contribution is 0.294. The summed E-state index contributed by atoms with van der Waals surface area (Å²) in [5.74, 6) is -0.280. The predicted octanol–water partition coefficient (Wildman–Crippen LogP) is 2.93. The average Bonchev–Trinajstić information content (AvgIpc) is 2.99. The number of nitrogens with zero attached hydrogens (tertiary/aromatic N) is 3. The highest BCUT2D eigenvalue weighted by Crippen LogP contribution is 2.43. The number of rotatable bonds is 2. The monoisotopic (exact) mass is 440 g/mol. The molecule has 1 N–H and O–H groups in total. The average molecular weight is 441 g/mol. The number of hydrazone groups is 1. The first-order valence-electron chi connectivity index (χ1n) is 10.2. The molecule has 3 heterocycles. The predicted molar refractivity (Wildman–Crippen MR) is 121 cm³/mol. The van der Waals surface area contributed by atoms with E-state index in [4.69, 9.17) is 0 Å². The highest BCUT2D eigenvalue weighted by atomic mass is 32.2. The van der Waals surface area contributed by atoms with Crippen molar-refractivity contribution in [3.05, 3.63) is 69.8 Å². The van der Waals surface area contributed by atoms with Gasteiger partial charge in [-0.15, -0.1) is 0 Å². The molecule has 1 aromatic carbocycles. The summed E-state index contributed by atoms with van der Waals surface area (Å²) in [6.45, 7) is 5.52. The van der Waals surface area contributed by atoms with Crippen molar-refractivity contribution in [1.29, 1.82) is 0 Å². The van der Waals surface area contributed by atoms with Crippen LogP contribution < -0.4 is 5.43 Å². The Morgan fingerprint density at radius 1 is 1.23 bits per heavy atom. The fourth-order valence-electron chi connectivity index (χ4n) is 4.94. The molecule has 0 bridgehead atoms. The molecule has 0 spiro atoms. The fourth-order valence-corrected chi connectivity index (χ4v) is 5.84. The molecule has 0 fully saturated rings. The fraction of sp³-hybridized carbons (Fsp3) is 0.348. The third-order valence-corrected chi connectivity index (χ3v) is 7.53. The van der Waals surface area contributed by atoms with Crippen molar-refractivity contribution in [2.45, 2.75) is 13.8 Å². The van der Waals surface area contributed by atoms with E-state index in [9.17, 15) is 12.8 Å². The summed E-state index contributed by atoms with van der Waals surface area (Å²) in [5.41, 5.74) is 10.1. The van der Waals surface area contributed by atoms with Crippen LogP contribution in [0.3, 0.4) is 0 Å². The molecule has 0 radical (unpaired) electrons. The van der Waals surface area contributed by atoms with Crippen LogP contribution in [0.2, 0.25) is 0 Å². The quantitative estimate of drug-likeness (QED) is 0.768. The SMILES string of the molecule is CN1C=C2C(=C(C3=CCN(S(C)(=O)=O)CC3(C)C)C1)NN=C1C=Cc3cc(F)cc2c31. The lowest BCUT2D eigenvalue weighted by Crippen LogP contribution is -2.44. The Labute approximate surface area is 182 Å². The molecule has 162 valence electrons. The first kappa shape index (κ1) is 20.2. The van der Waals surface area contributed by atoms with Gasteiger partial charge in [-0.2, -0.15) is 9.41 Å². The first-order chi connectivity index (χ1) is 14.5. The molecule has 0 unspecified atom stereocenters. The molecule has 0 aromatic heterocycles. The third-order valence-electron chi connectivity index (χ3n) is 6.31. The molecule has 8 heteroatoms. The number of allylic oxidation sites excluding steroid dienone is 2. The molecule has 0 saturated heterocycles. The largest absolute Gasteiger partial charge is 0.375 e. The molecule has 3 aliphatic heterocycles. The molecule has 1 aliphatic carbocycles. The highest BCUT2D eigenvalue weighted by molar-refractivity contribution is 7.88. The second kappa shape index (κ2) is 6.64. The summed E-state index contributed by atoms with van der Waals surface area (Å²) < 4.78 is 40.2. The third kappa shape index (κ3) is 3.25. The zero-order valence-electron chi connectivity index (χ0n) is 18.0. The summed E-state index contributed by atoms with van der Waals surface area (Å²) in [5, 5.41) is 4.63. The number of benzene rings is 1. The summed E-state index contributed by atoms with van der Waals surface area (Å²) in [7, 11) is -1.28. The van der Waals surface area contributed by atoms with E-state index in [1.165, 1.54) is 16.6 Å². The van der Waals surface area contributed by atoms with Crippen LogP contribution in [0.4, 0.5) is 4.39 Å². The van der Waals surface area contributed by atoms with Gasteiger partial charge in [0.1, 0.15) is 5.82 Å². The maximum atomic E-state index is 14.5. The lowest BCUT2D eigenvalue weighted by Gasteiger charge is -2.41. The van der Waals surface area contributed by atoms with Gasteiger partial charge < -0.3 is 4.90 Å². The van der Waals surface area contributed by atoms with Crippen molar-refractivity contribution in [1.82, 2.24) is 14.6 Å². The number of nitrogens with one attached hydrogen (secondary N) is 1. The molecular weight excluding hydrogens is 415 g/mol. The van der Waals surface area contributed by atoms with Gasteiger partial charge in [0, 0.05) is 55.0 Å². The second-order valence-corrected chi connectivity index (χ2v) is 11.2. The Bertz CT molecular complexity index is 1270. The van der Waals surface area contributed by atoms with Gasteiger partial charge in [-0.1, -0.05) is 26.0 Å². The van der Waals surface area contributed by atoms with E-state index in [1.807, 2.05) is 31.5 Å². The van der Waals surface area contributed by atoms with Gasteiger partial charge in [0.15, 0.2) is 0 Å². The van der Waals surface area contributed by atoms with E-state index < -0.39 is 10.0 Å². The van der Waals surface area contributed by atoms with Crippen LogP contribution in [0.1, 0.15) is 30.5 Å². The molecule has 4 aliphatic rings. The van der Waals surface area contributed by atoms with Crippen molar-refractivity contribution >= 4 is 27.4 Å². The standard InChI is InChI=1S/C23H25FN4O2S/c1-23(2)13-28(31(4,29)30)8-7-19(23)18-12-27(3)11-17-16-10-15(24)9-14-5-6-20(21(14)16)25-26-22(17)18/h5-7,9-11,26H,8,12-13H2,1-4H3. The van der Waals surface area contributed by atoms with Crippen molar-refractivity contribution in [3.8, 4) is 0 Å². The molecule has 6 nitrogen and oxygen atoms in total. The van der Waals surface area contributed by atoms with Gasteiger partial charge in [0.05, 0.1) is 17.7 Å². The Balaban J connectivity index is 1.69. The van der Waals surface area contributed by atoms with Crippen LogP contribution >= 0.6 is 0 Å². The maximum absolute atomic E-state index is 14.5. The van der Waals surface area contributed by atoms with Crippen LogP contribution in [-0.4, -0.2) is 56.3 Å². The van der Waals surface area contributed by atoms with Crippen molar-refractivity contribution in [2.75, 3.05) is 32.9 Å². The molecule has 1 aromatic rings. The van der Waals surface area contributed by atoms with Gasteiger partial charge in [0.25, 0.3) is 0 Å². The summed E-state index contributed by atoms with van der Waals surface area (Å²) in [6, 6.07) is 3.11. The number of fused-ring (bicyclic) bond motifs is 2. The number of hydrogen-bond acceptors (Lipinski definition) is 5. The summed E-state index contributed by atoms with van der Waals surface area (Å²) in [4.78, 5) is 2.08. The van der Waals surface area contributed by atoms with E-state index in [1.54, 1.807) is 6.07 Å². The van der Waals surface area contributed by atoms with E-state index in [0.717, 1.165) is 44.8 Å². The molecule has 5 rings (SSSR count). The zero-order valence-corrected chi connectivity index (χ0v) is 18.8. The Morgan fingerprint density at radius 2 is 2.00 bits per heavy atom. The van der Waals surface area contributed by atoms with E-state index in [2.05, 4.69) is 29.3 Å². The van der Waals surface area contributed by atoms with E-state index in [-0.39, 0.29) is 11.2 Å². The normalized spacial score (nSPS) is 22.2. The Kier molecular flexibility index (Phi) is 4.33. The topological polar surface area (TPSA) is 65.0 Å². The van der Waals surface area contributed by atoms with E-state index >= 15 is 0 Å². The minimum absolute atomic E-state index is 0.280. The number of halogens is 1. The Hall–Kier alpha value is -2.71. The number of likely N-dealkylation sites (N-methyl/N-ethyl adjacent to an activating group) is 1. The highest BCUT2D eigenvalue weighted by Gasteiger charge is 2.38. The first-order valence-corrected chi connectivity index (χ1v) is 12.1. The molecular formula is C23H25FN4O2S. The second-order valence-electron chi connectivity index (χ2n) is 9.23. The van der Waals surface area contributed by atoms with Gasteiger partial charge in [-0.3, -0.25) is 5.43 Å². The van der Waals surface area contributed by atoms with Crippen LogP contribution in [0.25, 0.3) is 11.6 Å². The van der Waals surface area contributed by atoms with Gasteiger partial charge in [-0.25, -0.2) is 12.8 Å². The minimum atomic E-state index is -3.28. The number of hydrogen-bond donors (Lipinski definition) is 1. The van der Waals surface area contributed by atoms with E-state index in [0.29, 0.717) is 19.6 Å². The minimum Gasteiger partial charge on any atom is -0.375 e. The zero-order chi connectivity index (χ0) is 22.1. The lowest BCUT2D eigenvalue weighted by atomic mass is 9.75.